The van der Waals surface area contributed by atoms with Crippen LogP contribution in [0.2, 0.25) is 0 Å². The second kappa shape index (κ2) is 10.8. The summed E-state index contributed by atoms with van der Waals surface area (Å²) >= 11 is 0. The van der Waals surface area contributed by atoms with Crippen LogP contribution in [0.15, 0.2) is 48.8 Å². The molecular weight excluding hydrogens is 474 g/mol. The number of hydrogen-bond donors (Lipinski definition) is 2. The van der Waals surface area contributed by atoms with Gasteiger partial charge >= 0.3 is 12.1 Å². The maximum atomic E-state index is 12.5. The molecule has 10 nitrogen and oxygen atoms in total. The molecular formula is C27H31N5O5. The van der Waals surface area contributed by atoms with Gasteiger partial charge in [-0.05, 0) is 76.4 Å². The van der Waals surface area contributed by atoms with E-state index in [-0.39, 0.29) is 17.7 Å². The molecule has 2 N–H and O–H groups in total. The van der Waals surface area contributed by atoms with E-state index in [9.17, 15) is 14.7 Å². The number of carbonyl (C=O) groups excluding carboxylic acids is 1. The molecule has 1 aliphatic rings. The van der Waals surface area contributed by atoms with E-state index in [0.717, 1.165) is 18.4 Å². The summed E-state index contributed by atoms with van der Waals surface area (Å²) in [5, 5.41) is 12.7. The van der Waals surface area contributed by atoms with Crippen molar-refractivity contribution in [2.45, 2.75) is 52.2 Å². The molecule has 0 aliphatic carbocycles. The van der Waals surface area contributed by atoms with Gasteiger partial charge in [0.05, 0.1) is 16.8 Å². The SMILES string of the molecule is Cc1ccc(C(=O)O)cc1Oc1ncccc1-c1ccnc(N[C@H]2CCCN(C(=O)OC(C)(C)C)C2)n1. The number of carboxylic acids is 1. The highest BCUT2D eigenvalue weighted by Gasteiger charge is 2.28. The van der Waals surface area contributed by atoms with Gasteiger partial charge in [0, 0.05) is 31.5 Å². The first-order valence-corrected chi connectivity index (χ1v) is 12.1. The molecule has 2 aromatic heterocycles. The number of ether oxygens (including phenoxy) is 2. The van der Waals surface area contributed by atoms with Crippen molar-refractivity contribution in [1.82, 2.24) is 19.9 Å². The van der Waals surface area contributed by atoms with Crippen LogP contribution in [0, 0.1) is 6.92 Å². The second-order valence-electron chi connectivity index (χ2n) is 9.92. The van der Waals surface area contributed by atoms with E-state index in [1.165, 1.54) is 12.1 Å². The van der Waals surface area contributed by atoms with Gasteiger partial charge in [-0.3, -0.25) is 0 Å². The number of anilines is 1. The van der Waals surface area contributed by atoms with Gasteiger partial charge in [0.25, 0.3) is 0 Å². The summed E-state index contributed by atoms with van der Waals surface area (Å²) in [6.07, 6.45) is 4.63. The molecule has 1 atom stereocenters. The molecule has 1 amide bonds. The highest BCUT2D eigenvalue weighted by molar-refractivity contribution is 5.88. The maximum absolute atomic E-state index is 12.5. The summed E-state index contributed by atoms with van der Waals surface area (Å²) in [6, 6.07) is 10.0. The van der Waals surface area contributed by atoms with Gasteiger partial charge in [-0.15, -0.1) is 0 Å². The monoisotopic (exact) mass is 505 g/mol. The Morgan fingerprint density at radius 3 is 2.70 bits per heavy atom. The summed E-state index contributed by atoms with van der Waals surface area (Å²) in [4.78, 5) is 39.0. The van der Waals surface area contributed by atoms with Gasteiger partial charge < -0.3 is 24.8 Å². The molecule has 0 bridgehead atoms. The van der Waals surface area contributed by atoms with Gasteiger partial charge in [0.2, 0.25) is 11.8 Å². The van der Waals surface area contributed by atoms with Crippen molar-refractivity contribution in [3.63, 3.8) is 0 Å². The lowest BCUT2D eigenvalue weighted by atomic mass is 10.1. The first kappa shape index (κ1) is 25.9. The summed E-state index contributed by atoms with van der Waals surface area (Å²) < 4.78 is 11.6. The minimum absolute atomic E-state index is 0.0254. The molecule has 0 unspecified atom stereocenters. The van der Waals surface area contributed by atoms with Gasteiger partial charge in [0.15, 0.2) is 0 Å². The lowest BCUT2D eigenvalue weighted by Crippen LogP contribution is -2.47. The van der Waals surface area contributed by atoms with Crippen LogP contribution in [0.5, 0.6) is 11.6 Å². The van der Waals surface area contributed by atoms with Crippen molar-refractivity contribution in [1.29, 1.82) is 0 Å². The minimum Gasteiger partial charge on any atom is -0.478 e. The summed E-state index contributed by atoms with van der Waals surface area (Å²) in [6.45, 7) is 8.52. The Hall–Kier alpha value is -4.21. The fourth-order valence-corrected chi connectivity index (χ4v) is 3.96. The van der Waals surface area contributed by atoms with E-state index >= 15 is 0 Å². The third kappa shape index (κ3) is 6.72. The van der Waals surface area contributed by atoms with Crippen molar-refractivity contribution in [2.24, 2.45) is 0 Å². The number of nitrogens with zero attached hydrogens (tertiary/aromatic N) is 4. The first-order chi connectivity index (χ1) is 17.6. The summed E-state index contributed by atoms with van der Waals surface area (Å²) in [7, 11) is 0. The number of hydrogen-bond acceptors (Lipinski definition) is 8. The average molecular weight is 506 g/mol. The Bertz CT molecular complexity index is 1290. The smallest absolute Gasteiger partial charge is 0.410 e. The van der Waals surface area contributed by atoms with Crippen LogP contribution in [0.3, 0.4) is 0 Å². The molecule has 3 heterocycles. The Kier molecular flexibility index (Phi) is 7.56. The number of carbonyl (C=O) groups is 2. The lowest BCUT2D eigenvalue weighted by molar-refractivity contribution is 0.0206. The number of rotatable bonds is 6. The van der Waals surface area contributed by atoms with Crippen LogP contribution in [-0.4, -0.2) is 61.8 Å². The fourth-order valence-electron chi connectivity index (χ4n) is 3.96. The molecule has 194 valence electrons. The van der Waals surface area contributed by atoms with Crippen LogP contribution in [0.25, 0.3) is 11.3 Å². The molecule has 1 saturated heterocycles. The van der Waals surface area contributed by atoms with Gasteiger partial charge in [0.1, 0.15) is 11.4 Å². The van der Waals surface area contributed by atoms with Crippen LogP contribution in [0.1, 0.15) is 49.5 Å². The normalized spacial score (nSPS) is 15.7. The standard InChI is InChI=1S/C27H31N5O5/c1-17-9-10-18(24(33)34)15-22(17)36-23-20(8-5-12-28-23)21-11-13-29-25(31-21)30-19-7-6-14-32(16-19)26(35)37-27(2,3)4/h5,8-13,15,19H,6-7,14,16H2,1-4H3,(H,33,34)(H,29,30,31)/t19-/m0/s1. The number of piperidine rings is 1. The zero-order chi connectivity index (χ0) is 26.6. The quantitative estimate of drug-likeness (QED) is 0.467. The number of aromatic nitrogens is 3. The Morgan fingerprint density at radius 1 is 1.14 bits per heavy atom. The number of nitrogens with one attached hydrogen (secondary N) is 1. The first-order valence-electron chi connectivity index (χ1n) is 12.1. The largest absolute Gasteiger partial charge is 0.478 e. The van der Waals surface area contributed by atoms with Gasteiger partial charge in [-0.25, -0.2) is 24.5 Å². The number of amides is 1. The van der Waals surface area contributed by atoms with E-state index in [4.69, 9.17) is 9.47 Å². The molecule has 0 saturated carbocycles. The van der Waals surface area contributed by atoms with E-state index in [2.05, 4.69) is 20.3 Å². The maximum Gasteiger partial charge on any atom is 0.410 e. The fraction of sp³-hybridized carbons (Fsp3) is 0.370. The Balaban J connectivity index is 1.52. The summed E-state index contributed by atoms with van der Waals surface area (Å²) in [5.41, 5.74) is 1.57. The van der Waals surface area contributed by atoms with Crippen LogP contribution in [-0.2, 0) is 4.74 Å². The molecule has 3 aromatic rings. The third-order valence-electron chi connectivity index (χ3n) is 5.75. The van der Waals surface area contributed by atoms with Crippen molar-refractivity contribution in [3.05, 3.63) is 59.9 Å². The molecule has 4 rings (SSSR count). The number of likely N-dealkylation sites (tertiary alicyclic amines) is 1. The van der Waals surface area contributed by atoms with Gasteiger partial charge in [-0.1, -0.05) is 6.07 Å². The topological polar surface area (TPSA) is 127 Å². The van der Waals surface area contributed by atoms with E-state index in [1.54, 1.807) is 35.5 Å². The van der Waals surface area contributed by atoms with E-state index in [0.29, 0.717) is 41.9 Å². The number of aryl methyl sites for hydroxylation is 1. The van der Waals surface area contributed by atoms with Crippen molar-refractivity contribution >= 4 is 18.0 Å². The molecule has 37 heavy (non-hydrogen) atoms. The highest BCUT2D eigenvalue weighted by Crippen LogP contribution is 2.32. The zero-order valence-corrected chi connectivity index (χ0v) is 21.4. The van der Waals surface area contributed by atoms with E-state index < -0.39 is 11.6 Å². The number of aromatic carboxylic acids is 1. The highest BCUT2D eigenvalue weighted by atomic mass is 16.6. The predicted molar refractivity (Wildman–Crippen MR) is 138 cm³/mol. The molecule has 0 spiro atoms. The summed E-state index contributed by atoms with van der Waals surface area (Å²) in [5.74, 6) is 0.0844. The van der Waals surface area contributed by atoms with Crippen molar-refractivity contribution in [3.8, 4) is 22.9 Å². The molecule has 1 fully saturated rings. The Morgan fingerprint density at radius 2 is 1.95 bits per heavy atom. The minimum atomic E-state index is -1.04. The molecule has 1 aromatic carbocycles. The third-order valence-corrected chi connectivity index (χ3v) is 5.75. The van der Waals surface area contributed by atoms with Crippen LogP contribution >= 0.6 is 0 Å². The Labute approximate surface area is 215 Å². The van der Waals surface area contributed by atoms with Crippen molar-refractivity contribution < 1.29 is 24.2 Å². The average Bonchev–Trinajstić information content (AvgIpc) is 2.85. The van der Waals surface area contributed by atoms with Gasteiger partial charge in [-0.2, -0.15) is 0 Å². The molecule has 1 aliphatic heterocycles. The number of benzene rings is 1. The van der Waals surface area contributed by atoms with Crippen molar-refractivity contribution in [2.75, 3.05) is 18.4 Å². The predicted octanol–water partition coefficient (Wildman–Crippen LogP) is 5.15. The lowest BCUT2D eigenvalue weighted by Gasteiger charge is -2.34. The zero-order valence-electron chi connectivity index (χ0n) is 21.4. The molecule has 10 heteroatoms. The van der Waals surface area contributed by atoms with Crippen LogP contribution in [0.4, 0.5) is 10.7 Å². The second-order valence-corrected chi connectivity index (χ2v) is 9.92. The van der Waals surface area contributed by atoms with Crippen LogP contribution < -0.4 is 10.1 Å². The molecule has 0 radical (unpaired) electrons. The van der Waals surface area contributed by atoms with E-state index in [1.807, 2.05) is 33.8 Å². The number of carboxylic acid groups (broad SMARTS) is 1. The number of pyridine rings is 1.